The Bertz CT molecular complexity index is 2850. The molecule has 0 amide bonds. The van der Waals surface area contributed by atoms with Gasteiger partial charge in [-0.15, -0.1) is 0 Å². The second kappa shape index (κ2) is 12.3. The zero-order chi connectivity index (χ0) is 35.5. The predicted octanol–water partition coefficient (Wildman–Crippen LogP) is 13.4. The highest BCUT2D eigenvalue weighted by Gasteiger charge is 2.36. The Labute approximate surface area is 310 Å². The highest BCUT2D eigenvalue weighted by molar-refractivity contribution is 6.05. The molecule has 0 saturated heterocycles. The minimum absolute atomic E-state index is 0.0307. The molecule has 0 spiro atoms. The van der Waals surface area contributed by atoms with Gasteiger partial charge in [0.25, 0.3) is 0 Å². The first-order valence-corrected chi connectivity index (χ1v) is 18.3. The van der Waals surface area contributed by atoms with Crippen molar-refractivity contribution in [3.8, 4) is 67.3 Å². The SMILES string of the molecule is CC1(C)c2ccccc2-c2c(-c3ccc4cc(-c5nc(-c6ccccc6)cc(-c6ccc(-c7ccccc7)c7ccccc67)n5)ccc4c3)cccc21. The predicted molar refractivity (Wildman–Crippen MR) is 222 cm³/mol. The molecule has 0 fully saturated rings. The smallest absolute Gasteiger partial charge is 0.160 e. The summed E-state index contributed by atoms with van der Waals surface area (Å²) in [5.74, 6) is 0.711. The molecule has 0 radical (unpaired) electrons. The van der Waals surface area contributed by atoms with Crippen molar-refractivity contribution in [3.05, 3.63) is 193 Å². The lowest BCUT2D eigenvalue weighted by Crippen LogP contribution is -2.14. The largest absolute Gasteiger partial charge is 0.228 e. The van der Waals surface area contributed by atoms with Crippen molar-refractivity contribution < 1.29 is 0 Å². The van der Waals surface area contributed by atoms with Crippen LogP contribution in [0.2, 0.25) is 0 Å². The molecule has 1 heterocycles. The van der Waals surface area contributed by atoms with E-state index in [-0.39, 0.29) is 5.41 Å². The third-order valence-corrected chi connectivity index (χ3v) is 11.1. The number of aromatic nitrogens is 2. The van der Waals surface area contributed by atoms with Crippen LogP contribution >= 0.6 is 0 Å². The molecule has 0 saturated carbocycles. The summed E-state index contributed by atoms with van der Waals surface area (Å²) in [4.78, 5) is 10.5. The van der Waals surface area contributed by atoms with Crippen LogP contribution < -0.4 is 0 Å². The van der Waals surface area contributed by atoms with E-state index in [4.69, 9.17) is 9.97 Å². The van der Waals surface area contributed by atoms with Crippen molar-refractivity contribution in [1.29, 1.82) is 0 Å². The fourth-order valence-corrected chi connectivity index (χ4v) is 8.41. The molecule has 2 heteroatoms. The van der Waals surface area contributed by atoms with Crippen molar-refractivity contribution in [3.63, 3.8) is 0 Å². The van der Waals surface area contributed by atoms with E-state index in [1.54, 1.807) is 0 Å². The van der Waals surface area contributed by atoms with Gasteiger partial charge in [-0.25, -0.2) is 9.97 Å². The van der Waals surface area contributed by atoms with E-state index in [1.807, 2.05) is 6.07 Å². The second-order valence-electron chi connectivity index (χ2n) is 14.6. The molecule has 0 aliphatic heterocycles. The van der Waals surface area contributed by atoms with E-state index < -0.39 is 0 Å². The highest BCUT2D eigenvalue weighted by Crippen LogP contribution is 2.52. The summed E-state index contributed by atoms with van der Waals surface area (Å²) in [6, 6.07) is 65.4. The van der Waals surface area contributed by atoms with Gasteiger partial charge in [-0.2, -0.15) is 0 Å². The number of hydrogen-bond donors (Lipinski definition) is 0. The van der Waals surface area contributed by atoms with Crippen LogP contribution in [0.5, 0.6) is 0 Å². The molecule has 0 N–H and O–H groups in total. The van der Waals surface area contributed by atoms with E-state index >= 15 is 0 Å². The first-order chi connectivity index (χ1) is 26.0. The molecule has 1 aliphatic rings. The molecule has 250 valence electrons. The maximum absolute atomic E-state index is 5.29. The second-order valence-corrected chi connectivity index (χ2v) is 14.6. The Morgan fingerprint density at radius 3 is 1.70 bits per heavy atom. The van der Waals surface area contributed by atoms with E-state index in [0.29, 0.717) is 5.82 Å². The van der Waals surface area contributed by atoms with Gasteiger partial charge in [-0.1, -0.05) is 178 Å². The number of benzene rings is 8. The minimum atomic E-state index is -0.0307. The van der Waals surface area contributed by atoms with Crippen molar-refractivity contribution in [1.82, 2.24) is 9.97 Å². The molecule has 8 aromatic carbocycles. The first-order valence-electron chi connectivity index (χ1n) is 18.3. The molecule has 1 aliphatic carbocycles. The standard InChI is InChI=1S/C51H36N2/c1-51(2)45-22-12-11-20-44(45)49-40(21-13-23-46(49)51)37-26-24-36-31-38(27-25-35(36)30-37)50-52-47(34-16-7-4-8-17-34)32-48(53-50)43-29-28-39(33-14-5-3-6-15-33)41-18-9-10-19-42(41)43/h3-32H,1-2H3. The molecule has 0 atom stereocenters. The molecular weight excluding hydrogens is 641 g/mol. The highest BCUT2D eigenvalue weighted by atomic mass is 14.9. The molecule has 0 unspecified atom stereocenters. The average molecular weight is 677 g/mol. The maximum Gasteiger partial charge on any atom is 0.160 e. The van der Waals surface area contributed by atoms with E-state index in [1.165, 1.54) is 60.7 Å². The van der Waals surface area contributed by atoms with Gasteiger partial charge in [0.2, 0.25) is 0 Å². The van der Waals surface area contributed by atoms with Crippen molar-refractivity contribution in [2.24, 2.45) is 0 Å². The Balaban J connectivity index is 1.10. The summed E-state index contributed by atoms with van der Waals surface area (Å²) >= 11 is 0. The zero-order valence-electron chi connectivity index (χ0n) is 29.7. The molecule has 9 aromatic rings. The first kappa shape index (κ1) is 31.1. The van der Waals surface area contributed by atoms with Gasteiger partial charge in [0, 0.05) is 22.1 Å². The van der Waals surface area contributed by atoms with Gasteiger partial charge in [0.1, 0.15) is 0 Å². The normalized spacial score (nSPS) is 12.9. The summed E-state index contributed by atoms with van der Waals surface area (Å²) in [5.41, 5.74) is 15.3. The van der Waals surface area contributed by atoms with Crippen LogP contribution in [-0.4, -0.2) is 9.97 Å². The maximum atomic E-state index is 5.29. The average Bonchev–Trinajstić information content (AvgIpc) is 3.46. The van der Waals surface area contributed by atoms with Crippen LogP contribution in [0.1, 0.15) is 25.0 Å². The van der Waals surface area contributed by atoms with Crippen molar-refractivity contribution in [2.75, 3.05) is 0 Å². The van der Waals surface area contributed by atoms with Crippen LogP contribution in [0.3, 0.4) is 0 Å². The number of rotatable bonds is 5. The van der Waals surface area contributed by atoms with Gasteiger partial charge in [-0.3, -0.25) is 0 Å². The fourth-order valence-electron chi connectivity index (χ4n) is 8.41. The molecule has 53 heavy (non-hydrogen) atoms. The lowest BCUT2D eigenvalue weighted by atomic mass is 9.82. The Hall–Kier alpha value is -6.64. The lowest BCUT2D eigenvalue weighted by Gasteiger charge is -2.21. The fraction of sp³-hybridized carbons (Fsp3) is 0.0588. The molecule has 0 bridgehead atoms. The quantitative estimate of drug-likeness (QED) is 0.181. The summed E-state index contributed by atoms with van der Waals surface area (Å²) in [6.45, 7) is 4.68. The molecule has 2 nitrogen and oxygen atoms in total. The Morgan fingerprint density at radius 1 is 0.358 bits per heavy atom. The third kappa shape index (κ3) is 5.18. The van der Waals surface area contributed by atoms with Gasteiger partial charge >= 0.3 is 0 Å². The lowest BCUT2D eigenvalue weighted by molar-refractivity contribution is 0.660. The molecule has 1 aromatic heterocycles. The van der Waals surface area contributed by atoms with E-state index in [2.05, 4.69) is 190 Å². The molecule has 10 rings (SSSR count). The Kier molecular flexibility index (Phi) is 7.19. The number of hydrogen-bond acceptors (Lipinski definition) is 2. The van der Waals surface area contributed by atoms with Gasteiger partial charge in [0.05, 0.1) is 11.4 Å². The summed E-state index contributed by atoms with van der Waals surface area (Å²) in [6.07, 6.45) is 0. The molecular formula is C51H36N2. The Morgan fingerprint density at radius 2 is 0.925 bits per heavy atom. The number of fused-ring (bicyclic) bond motifs is 5. The van der Waals surface area contributed by atoms with Crippen molar-refractivity contribution >= 4 is 21.5 Å². The number of nitrogens with zero attached hydrogens (tertiary/aromatic N) is 2. The van der Waals surface area contributed by atoms with Gasteiger partial charge in [0.15, 0.2) is 5.82 Å². The van der Waals surface area contributed by atoms with Crippen LogP contribution in [0.4, 0.5) is 0 Å². The summed E-state index contributed by atoms with van der Waals surface area (Å²) < 4.78 is 0. The van der Waals surface area contributed by atoms with Crippen LogP contribution in [-0.2, 0) is 5.41 Å². The summed E-state index contributed by atoms with van der Waals surface area (Å²) in [5, 5.41) is 4.72. The van der Waals surface area contributed by atoms with Crippen molar-refractivity contribution in [2.45, 2.75) is 19.3 Å². The van der Waals surface area contributed by atoms with Gasteiger partial charge in [-0.05, 0) is 84.3 Å². The minimum Gasteiger partial charge on any atom is -0.228 e. The van der Waals surface area contributed by atoms with Crippen LogP contribution in [0, 0.1) is 0 Å². The third-order valence-electron chi connectivity index (χ3n) is 11.1. The zero-order valence-corrected chi connectivity index (χ0v) is 29.7. The van der Waals surface area contributed by atoms with Crippen LogP contribution in [0.15, 0.2) is 182 Å². The van der Waals surface area contributed by atoms with E-state index in [9.17, 15) is 0 Å². The topological polar surface area (TPSA) is 25.8 Å². The summed E-state index contributed by atoms with van der Waals surface area (Å²) in [7, 11) is 0. The van der Waals surface area contributed by atoms with E-state index in [0.717, 1.165) is 33.5 Å². The van der Waals surface area contributed by atoms with Crippen LogP contribution in [0.25, 0.3) is 88.8 Å². The monoisotopic (exact) mass is 676 g/mol. The van der Waals surface area contributed by atoms with Gasteiger partial charge < -0.3 is 0 Å².